The number of aromatic nitrogens is 1. The van der Waals surface area contributed by atoms with Crippen LogP contribution in [-0.2, 0) is 0 Å². The fourth-order valence-corrected chi connectivity index (χ4v) is 2.13. The molecule has 0 atom stereocenters. The number of halogens is 1. The summed E-state index contributed by atoms with van der Waals surface area (Å²) in [6, 6.07) is 1.88. The Kier molecular flexibility index (Phi) is 5.02. The van der Waals surface area contributed by atoms with E-state index in [9.17, 15) is 0 Å². The highest BCUT2D eigenvalue weighted by atomic mass is 79.9. The van der Waals surface area contributed by atoms with Crippen LogP contribution in [0.3, 0.4) is 0 Å². The Labute approximate surface area is 106 Å². The molecular formula is C11H19BrN4. The second-order valence-electron chi connectivity index (χ2n) is 4.15. The Bertz CT molecular complexity index is 341. The van der Waals surface area contributed by atoms with Crippen LogP contribution >= 0.6 is 15.9 Å². The summed E-state index contributed by atoms with van der Waals surface area (Å²) < 4.78 is 0.944. The molecule has 1 aromatic rings. The van der Waals surface area contributed by atoms with E-state index in [1.165, 1.54) is 0 Å². The molecule has 0 aliphatic heterocycles. The summed E-state index contributed by atoms with van der Waals surface area (Å²) >= 11 is 3.47. The van der Waals surface area contributed by atoms with Gasteiger partial charge in [0.05, 0.1) is 16.4 Å². The molecule has 1 heterocycles. The van der Waals surface area contributed by atoms with Crippen molar-refractivity contribution in [3.8, 4) is 0 Å². The standard InChI is InChI=1S/C11H19BrN4/c1-15(2)5-4-6-16(3)11-10(12)7-9(13)8-14-11/h7-8H,4-6,13H2,1-3H3. The minimum absolute atomic E-state index is 0.678. The summed E-state index contributed by atoms with van der Waals surface area (Å²) in [5.41, 5.74) is 6.33. The van der Waals surface area contributed by atoms with E-state index in [2.05, 4.69) is 44.8 Å². The number of hydrogen-bond donors (Lipinski definition) is 1. The quantitative estimate of drug-likeness (QED) is 0.897. The molecule has 0 aromatic carbocycles. The van der Waals surface area contributed by atoms with Crippen LogP contribution in [0.2, 0.25) is 0 Å². The minimum Gasteiger partial charge on any atom is -0.397 e. The van der Waals surface area contributed by atoms with Gasteiger partial charge in [0.1, 0.15) is 5.82 Å². The first-order valence-corrected chi connectivity index (χ1v) is 6.07. The lowest BCUT2D eigenvalue weighted by atomic mass is 10.3. The summed E-state index contributed by atoms with van der Waals surface area (Å²) in [6.07, 6.45) is 2.80. The number of hydrogen-bond acceptors (Lipinski definition) is 4. The number of nitrogens with zero attached hydrogens (tertiary/aromatic N) is 3. The van der Waals surface area contributed by atoms with Crippen molar-refractivity contribution >= 4 is 27.4 Å². The van der Waals surface area contributed by atoms with Gasteiger partial charge in [-0.25, -0.2) is 4.98 Å². The van der Waals surface area contributed by atoms with Gasteiger partial charge in [0.15, 0.2) is 0 Å². The predicted molar refractivity (Wildman–Crippen MR) is 72.8 cm³/mol. The molecule has 1 aromatic heterocycles. The molecule has 0 fully saturated rings. The minimum atomic E-state index is 0.678. The maximum atomic E-state index is 5.65. The fourth-order valence-electron chi connectivity index (χ4n) is 1.46. The highest BCUT2D eigenvalue weighted by Gasteiger charge is 2.07. The zero-order valence-electron chi connectivity index (χ0n) is 10.1. The SMILES string of the molecule is CN(C)CCCN(C)c1ncc(N)cc1Br. The van der Waals surface area contributed by atoms with E-state index in [0.29, 0.717) is 5.69 Å². The normalized spacial score (nSPS) is 10.8. The lowest BCUT2D eigenvalue weighted by molar-refractivity contribution is 0.401. The smallest absolute Gasteiger partial charge is 0.142 e. The maximum Gasteiger partial charge on any atom is 0.142 e. The van der Waals surface area contributed by atoms with Crippen molar-refractivity contribution in [2.45, 2.75) is 6.42 Å². The third-order valence-corrected chi connectivity index (χ3v) is 2.89. The lowest BCUT2D eigenvalue weighted by Crippen LogP contribution is -2.24. The maximum absolute atomic E-state index is 5.65. The molecule has 0 aliphatic rings. The molecule has 0 saturated carbocycles. The van der Waals surface area contributed by atoms with E-state index in [-0.39, 0.29) is 0 Å². The summed E-state index contributed by atoms with van der Waals surface area (Å²) in [5.74, 6) is 0.938. The van der Waals surface area contributed by atoms with Gasteiger partial charge in [0.2, 0.25) is 0 Å². The molecule has 0 radical (unpaired) electrons. The molecule has 0 aliphatic carbocycles. The Hall–Kier alpha value is -0.810. The van der Waals surface area contributed by atoms with Crippen molar-refractivity contribution in [3.05, 3.63) is 16.7 Å². The van der Waals surface area contributed by atoms with Crippen molar-refractivity contribution in [3.63, 3.8) is 0 Å². The van der Waals surface area contributed by atoms with Crippen LogP contribution in [0.4, 0.5) is 11.5 Å². The summed E-state index contributed by atoms with van der Waals surface area (Å²) in [7, 11) is 6.20. The van der Waals surface area contributed by atoms with Gasteiger partial charge in [-0.3, -0.25) is 0 Å². The van der Waals surface area contributed by atoms with Crippen molar-refractivity contribution in [1.82, 2.24) is 9.88 Å². The van der Waals surface area contributed by atoms with E-state index >= 15 is 0 Å². The van der Waals surface area contributed by atoms with Gasteiger partial charge in [-0.05, 0) is 49.1 Å². The summed E-state index contributed by atoms with van der Waals surface area (Å²) in [4.78, 5) is 8.63. The zero-order chi connectivity index (χ0) is 12.1. The highest BCUT2D eigenvalue weighted by molar-refractivity contribution is 9.10. The van der Waals surface area contributed by atoms with Crippen LogP contribution in [0, 0.1) is 0 Å². The molecule has 0 amide bonds. The Morgan fingerprint density at radius 1 is 1.31 bits per heavy atom. The van der Waals surface area contributed by atoms with Crippen LogP contribution in [0.25, 0.3) is 0 Å². The van der Waals surface area contributed by atoms with E-state index in [1.807, 2.05) is 13.1 Å². The average Bonchev–Trinajstić information content (AvgIpc) is 2.16. The number of anilines is 2. The average molecular weight is 287 g/mol. The van der Waals surface area contributed by atoms with Crippen LogP contribution in [0.15, 0.2) is 16.7 Å². The molecule has 0 unspecified atom stereocenters. The van der Waals surface area contributed by atoms with Gasteiger partial charge < -0.3 is 15.5 Å². The predicted octanol–water partition coefficient (Wildman–Crippen LogP) is 1.81. The third kappa shape index (κ3) is 3.98. The van der Waals surface area contributed by atoms with Crippen LogP contribution in [0.1, 0.15) is 6.42 Å². The third-order valence-electron chi connectivity index (χ3n) is 2.30. The van der Waals surface area contributed by atoms with Crippen LogP contribution < -0.4 is 10.6 Å². The van der Waals surface area contributed by atoms with E-state index in [4.69, 9.17) is 5.73 Å². The molecule has 16 heavy (non-hydrogen) atoms. The van der Waals surface area contributed by atoms with Crippen molar-refractivity contribution in [2.24, 2.45) is 0 Å². The fraction of sp³-hybridized carbons (Fsp3) is 0.545. The Balaban J connectivity index is 2.55. The van der Waals surface area contributed by atoms with Gasteiger partial charge in [-0.1, -0.05) is 0 Å². The second-order valence-corrected chi connectivity index (χ2v) is 5.01. The number of nitrogen functional groups attached to an aromatic ring is 1. The monoisotopic (exact) mass is 286 g/mol. The zero-order valence-corrected chi connectivity index (χ0v) is 11.7. The van der Waals surface area contributed by atoms with E-state index in [1.54, 1.807) is 6.20 Å². The first-order valence-electron chi connectivity index (χ1n) is 5.27. The van der Waals surface area contributed by atoms with Crippen LogP contribution in [0.5, 0.6) is 0 Å². The van der Waals surface area contributed by atoms with Gasteiger partial charge in [-0.2, -0.15) is 0 Å². The van der Waals surface area contributed by atoms with Crippen LogP contribution in [-0.4, -0.2) is 44.1 Å². The molecular weight excluding hydrogens is 268 g/mol. The first kappa shape index (κ1) is 13.3. The molecule has 0 bridgehead atoms. The topological polar surface area (TPSA) is 45.4 Å². The summed E-state index contributed by atoms with van der Waals surface area (Å²) in [6.45, 7) is 2.06. The lowest BCUT2D eigenvalue weighted by Gasteiger charge is -2.20. The van der Waals surface area contributed by atoms with Crippen molar-refractivity contribution < 1.29 is 0 Å². The van der Waals surface area contributed by atoms with E-state index in [0.717, 1.165) is 29.8 Å². The number of rotatable bonds is 5. The molecule has 0 saturated heterocycles. The molecule has 2 N–H and O–H groups in total. The number of pyridine rings is 1. The first-order chi connectivity index (χ1) is 7.50. The van der Waals surface area contributed by atoms with Gasteiger partial charge in [0, 0.05) is 13.6 Å². The Morgan fingerprint density at radius 3 is 2.56 bits per heavy atom. The molecule has 4 nitrogen and oxygen atoms in total. The second kappa shape index (κ2) is 6.06. The van der Waals surface area contributed by atoms with Gasteiger partial charge in [-0.15, -0.1) is 0 Å². The van der Waals surface area contributed by atoms with Crippen molar-refractivity contribution in [2.75, 3.05) is 44.9 Å². The molecule has 90 valence electrons. The van der Waals surface area contributed by atoms with Gasteiger partial charge >= 0.3 is 0 Å². The molecule has 5 heteroatoms. The van der Waals surface area contributed by atoms with E-state index < -0.39 is 0 Å². The number of nitrogens with two attached hydrogens (primary N) is 1. The Morgan fingerprint density at radius 2 is 2.00 bits per heavy atom. The van der Waals surface area contributed by atoms with Gasteiger partial charge in [0.25, 0.3) is 0 Å². The van der Waals surface area contributed by atoms with Crippen molar-refractivity contribution in [1.29, 1.82) is 0 Å². The largest absolute Gasteiger partial charge is 0.397 e. The summed E-state index contributed by atoms with van der Waals surface area (Å²) in [5, 5.41) is 0. The molecule has 0 spiro atoms. The highest BCUT2D eigenvalue weighted by Crippen LogP contribution is 2.24. The molecule has 1 rings (SSSR count).